The fourth-order valence-corrected chi connectivity index (χ4v) is 3.04. The molecule has 0 aliphatic carbocycles. The Morgan fingerprint density at radius 2 is 2.05 bits per heavy atom. The molecule has 1 amide bonds. The van der Waals surface area contributed by atoms with Gasteiger partial charge in [-0.3, -0.25) is 4.79 Å². The third-order valence-electron chi connectivity index (χ3n) is 3.16. The zero-order valence-electron chi connectivity index (χ0n) is 12.2. The Balaban J connectivity index is 3.23. The topological polar surface area (TPSA) is 92.5 Å². The summed E-state index contributed by atoms with van der Waals surface area (Å²) in [6.45, 7) is 5.15. The molecular weight excluding hydrogens is 278 g/mol. The Morgan fingerprint density at radius 1 is 1.45 bits per heavy atom. The number of nitrogens with two attached hydrogens (primary N) is 1. The standard InChI is InChI=1S/C13H21N3O3S/c1-9-5-6-12(7-13(9)15-11(3)17)20(18,19)16(4)10(2)8-14/h5-7,10H,8,14H2,1-4H3,(H,15,17). The molecule has 0 heterocycles. The number of benzene rings is 1. The highest BCUT2D eigenvalue weighted by Gasteiger charge is 2.25. The van der Waals surface area contributed by atoms with Crippen molar-refractivity contribution in [2.24, 2.45) is 5.73 Å². The molecule has 6 nitrogen and oxygen atoms in total. The van der Waals surface area contributed by atoms with Gasteiger partial charge in [-0.25, -0.2) is 8.42 Å². The second-order valence-electron chi connectivity index (χ2n) is 4.76. The molecule has 0 radical (unpaired) electrons. The Kier molecular flexibility index (Phi) is 5.27. The van der Waals surface area contributed by atoms with Crippen LogP contribution in [-0.4, -0.2) is 38.3 Å². The average molecular weight is 299 g/mol. The van der Waals surface area contributed by atoms with Crippen molar-refractivity contribution < 1.29 is 13.2 Å². The van der Waals surface area contributed by atoms with Crippen LogP contribution in [0.4, 0.5) is 5.69 Å². The number of carbonyl (C=O) groups is 1. The zero-order valence-corrected chi connectivity index (χ0v) is 13.0. The minimum Gasteiger partial charge on any atom is -0.329 e. The summed E-state index contributed by atoms with van der Waals surface area (Å²) in [5, 5.41) is 2.62. The number of hydrogen-bond donors (Lipinski definition) is 2. The molecule has 1 aromatic carbocycles. The fourth-order valence-electron chi connectivity index (χ4n) is 1.64. The van der Waals surface area contributed by atoms with Crippen molar-refractivity contribution >= 4 is 21.6 Å². The molecule has 0 aliphatic rings. The van der Waals surface area contributed by atoms with Crippen LogP contribution < -0.4 is 11.1 Å². The number of amides is 1. The molecule has 1 unspecified atom stereocenters. The van der Waals surface area contributed by atoms with E-state index in [1.54, 1.807) is 19.9 Å². The number of rotatable bonds is 5. The van der Waals surface area contributed by atoms with E-state index in [-0.39, 0.29) is 23.4 Å². The van der Waals surface area contributed by atoms with Gasteiger partial charge >= 0.3 is 0 Å². The molecule has 0 saturated heterocycles. The number of anilines is 1. The lowest BCUT2D eigenvalue weighted by molar-refractivity contribution is -0.114. The number of carbonyl (C=O) groups excluding carboxylic acids is 1. The molecule has 0 aliphatic heterocycles. The summed E-state index contributed by atoms with van der Waals surface area (Å²) in [6.07, 6.45) is 0. The summed E-state index contributed by atoms with van der Waals surface area (Å²) >= 11 is 0. The van der Waals surface area contributed by atoms with Crippen LogP contribution in [0.25, 0.3) is 0 Å². The van der Waals surface area contributed by atoms with Crippen LogP contribution in [0.5, 0.6) is 0 Å². The van der Waals surface area contributed by atoms with E-state index in [4.69, 9.17) is 5.73 Å². The van der Waals surface area contributed by atoms with E-state index in [0.717, 1.165) is 5.56 Å². The number of likely N-dealkylation sites (N-methyl/N-ethyl adjacent to an activating group) is 1. The molecule has 0 saturated carbocycles. The first-order chi connectivity index (χ1) is 9.20. The number of hydrogen-bond acceptors (Lipinski definition) is 4. The maximum atomic E-state index is 12.4. The smallest absolute Gasteiger partial charge is 0.243 e. The second-order valence-corrected chi connectivity index (χ2v) is 6.76. The number of nitrogens with one attached hydrogen (secondary N) is 1. The van der Waals surface area contributed by atoms with Crippen molar-refractivity contribution in [2.45, 2.75) is 31.7 Å². The largest absolute Gasteiger partial charge is 0.329 e. The van der Waals surface area contributed by atoms with Gasteiger partial charge < -0.3 is 11.1 Å². The predicted octanol–water partition coefficient (Wildman–Crippen LogP) is 0.921. The zero-order chi connectivity index (χ0) is 15.5. The van der Waals surface area contributed by atoms with Crippen molar-refractivity contribution in [1.82, 2.24) is 4.31 Å². The third-order valence-corrected chi connectivity index (χ3v) is 5.13. The van der Waals surface area contributed by atoms with Gasteiger partial charge in [-0.05, 0) is 31.5 Å². The first-order valence-corrected chi connectivity index (χ1v) is 7.70. The van der Waals surface area contributed by atoms with Gasteiger partial charge in [0.25, 0.3) is 0 Å². The van der Waals surface area contributed by atoms with Gasteiger partial charge in [0.05, 0.1) is 4.90 Å². The van der Waals surface area contributed by atoms with Gasteiger partial charge in [-0.2, -0.15) is 4.31 Å². The Hall–Kier alpha value is -1.44. The van der Waals surface area contributed by atoms with Crippen LogP contribution in [-0.2, 0) is 14.8 Å². The molecule has 0 bridgehead atoms. The van der Waals surface area contributed by atoms with Crippen LogP contribution in [0.2, 0.25) is 0 Å². The fraction of sp³-hybridized carbons (Fsp3) is 0.462. The van der Waals surface area contributed by atoms with E-state index in [1.807, 2.05) is 0 Å². The molecule has 1 rings (SSSR count). The second kappa shape index (κ2) is 6.34. The maximum absolute atomic E-state index is 12.4. The highest BCUT2D eigenvalue weighted by Crippen LogP contribution is 2.23. The van der Waals surface area contributed by atoms with E-state index in [2.05, 4.69) is 5.32 Å². The SMILES string of the molecule is CC(=O)Nc1cc(S(=O)(=O)N(C)C(C)CN)ccc1C. The van der Waals surface area contributed by atoms with Gasteiger partial charge in [-0.15, -0.1) is 0 Å². The molecular formula is C13H21N3O3S. The predicted molar refractivity (Wildman–Crippen MR) is 78.9 cm³/mol. The van der Waals surface area contributed by atoms with Gasteiger partial charge in [0.15, 0.2) is 0 Å². The molecule has 3 N–H and O–H groups in total. The summed E-state index contributed by atoms with van der Waals surface area (Å²) in [5.41, 5.74) is 6.80. The van der Waals surface area contributed by atoms with E-state index in [0.29, 0.717) is 5.69 Å². The summed E-state index contributed by atoms with van der Waals surface area (Å²) in [4.78, 5) is 11.3. The van der Waals surface area contributed by atoms with E-state index in [9.17, 15) is 13.2 Å². The van der Waals surface area contributed by atoms with Crippen molar-refractivity contribution in [2.75, 3.05) is 18.9 Å². The monoisotopic (exact) mass is 299 g/mol. The van der Waals surface area contributed by atoms with Crippen molar-refractivity contribution in [3.63, 3.8) is 0 Å². The van der Waals surface area contributed by atoms with Crippen LogP contribution in [0.15, 0.2) is 23.1 Å². The first kappa shape index (κ1) is 16.6. The molecule has 1 atom stereocenters. The van der Waals surface area contributed by atoms with Crippen LogP contribution in [0, 0.1) is 6.92 Å². The normalized spacial score (nSPS) is 13.3. The Morgan fingerprint density at radius 3 is 2.55 bits per heavy atom. The minimum atomic E-state index is -3.62. The molecule has 0 fully saturated rings. The van der Waals surface area contributed by atoms with Crippen molar-refractivity contribution in [3.05, 3.63) is 23.8 Å². The van der Waals surface area contributed by atoms with Gasteiger partial charge in [-0.1, -0.05) is 6.07 Å². The van der Waals surface area contributed by atoms with Gasteiger partial charge in [0, 0.05) is 32.2 Å². The summed E-state index contributed by atoms with van der Waals surface area (Å²) < 4.78 is 26.1. The lowest BCUT2D eigenvalue weighted by Crippen LogP contribution is -2.39. The van der Waals surface area contributed by atoms with Crippen LogP contribution in [0.3, 0.4) is 0 Å². The molecule has 0 aromatic heterocycles. The maximum Gasteiger partial charge on any atom is 0.243 e. The average Bonchev–Trinajstić information content (AvgIpc) is 2.38. The van der Waals surface area contributed by atoms with E-state index < -0.39 is 10.0 Å². The van der Waals surface area contributed by atoms with E-state index in [1.165, 1.54) is 30.4 Å². The Bertz CT molecular complexity index is 599. The van der Waals surface area contributed by atoms with E-state index >= 15 is 0 Å². The molecule has 112 valence electrons. The van der Waals surface area contributed by atoms with Gasteiger partial charge in [0.2, 0.25) is 15.9 Å². The summed E-state index contributed by atoms with van der Waals surface area (Å²) in [7, 11) is -2.13. The lowest BCUT2D eigenvalue weighted by Gasteiger charge is -2.23. The summed E-state index contributed by atoms with van der Waals surface area (Å²) in [5.74, 6) is -0.244. The third kappa shape index (κ3) is 3.56. The van der Waals surface area contributed by atoms with Crippen LogP contribution in [0.1, 0.15) is 19.4 Å². The number of aryl methyl sites for hydroxylation is 1. The van der Waals surface area contributed by atoms with Crippen LogP contribution >= 0.6 is 0 Å². The Labute approximate surface area is 120 Å². The van der Waals surface area contributed by atoms with Gasteiger partial charge in [0.1, 0.15) is 0 Å². The number of nitrogens with zero attached hydrogens (tertiary/aromatic N) is 1. The highest BCUT2D eigenvalue weighted by molar-refractivity contribution is 7.89. The summed E-state index contributed by atoms with van der Waals surface area (Å²) in [6, 6.07) is 4.35. The lowest BCUT2D eigenvalue weighted by atomic mass is 10.2. The van der Waals surface area contributed by atoms with Crippen molar-refractivity contribution in [3.8, 4) is 0 Å². The highest BCUT2D eigenvalue weighted by atomic mass is 32.2. The molecule has 20 heavy (non-hydrogen) atoms. The molecule has 0 spiro atoms. The minimum absolute atomic E-state index is 0.134. The number of sulfonamides is 1. The quantitative estimate of drug-likeness (QED) is 0.845. The van der Waals surface area contributed by atoms with Crippen molar-refractivity contribution in [1.29, 1.82) is 0 Å². The molecule has 7 heteroatoms. The first-order valence-electron chi connectivity index (χ1n) is 6.26. The molecule has 1 aromatic rings.